The van der Waals surface area contributed by atoms with Crippen molar-refractivity contribution in [2.24, 2.45) is 5.92 Å². The molecular formula is C30H38N8O4S. The molecule has 1 aromatic carbocycles. The van der Waals surface area contributed by atoms with E-state index in [1.807, 2.05) is 24.3 Å². The van der Waals surface area contributed by atoms with E-state index in [1.54, 1.807) is 30.7 Å². The van der Waals surface area contributed by atoms with Crippen molar-refractivity contribution in [2.75, 3.05) is 43.2 Å². The Morgan fingerprint density at radius 1 is 1.05 bits per heavy atom. The minimum atomic E-state index is -3.63. The molecule has 2 fully saturated rings. The molecule has 13 heteroatoms. The number of benzene rings is 1. The van der Waals surface area contributed by atoms with Crippen molar-refractivity contribution < 1.29 is 13.2 Å². The first-order chi connectivity index (χ1) is 20.7. The molecule has 43 heavy (non-hydrogen) atoms. The summed E-state index contributed by atoms with van der Waals surface area (Å²) >= 11 is 0. The number of rotatable bonds is 8. The molecule has 6 rings (SSSR count). The molecule has 0 unspecified atom stereocenters. The van der Waals surface area contributed by atoms with E-state index in [0.717, 1.165) is 60.5 Å². The van der Waals surface area contributed by atoms with Gasteiger partial charge in [0.1, 0.15) is 5.65 Å². The van der Waals surface area contributed by atoms with Gasteiger partial charge in [0.25, 0.3) is 15.6 Å². The third-order valence-electron chi connectivity index (χ3n) is 8.29. The van der Waals surface area contributed by atoms with Crippen LogP contribution in [0.2, 0.25) is 0 Å². The summed E-state index contributed by atoms with van der Waals surface area (Å²) in [5, 5.41) is 15.2. The molecule has 0 aliphatic carbocycles. The maximum absolute atomic E-state index is 14.1. The van der Waals surface area contributed by atoms with Crippen molar-refractivity contribution in [1.29, 1.82) is 0 Å². The van der Waals surface area contributed by atoms with Crippen LogP contribution >= 0.6 is 0 Å². The van der Waals surface area contributed by atoms with Crippen LogP contribution in [0.1, 0.15) is 37.1 Å². The maximum atomic E-state index is 14.1. The van der Waals surface area contributed by atoms with Gasteiger partial charge in [-0.15, -0.1) is 0 Å². The molecule has 12 nitrogen and oxygen atoms in total. The molecule has 2 aliphatic rings. The smallest absolute Gasteiger partial charge is 0.260 e. The van der Waals surface area contributed by atoms with E-state index in [-0.39, 0.29) is 11.5 Å². The van der Waals surface area contributed by atoms with Gasteiger partial charge in [-0.05, 0) is 88.9 Å². The van der Waals surface area contributed by atoms with Gasteiger partial charge in [-0.25, -0.2) is 13.4 Å². The molecule has 5 heterocycles. The van der Waals surface area contributed by atoms with Gasteiger partial charge in [0.15, 0.2) is 0 Å². The first-order valence-corrected chi connectivity index (χ1v) is 16.6. The third-order valence-corrected chi connectivity index (χ3v) is 9.28. The molecule has 0 bridgehead atoms. The van der Waals surface area contributed by atoms with E-state index < -0.39 is 10.0 Å². The second-order valence-corrected chi connectivity index (χ2v) is 13.3. The van der Waals surface area contributed by atoms with Crippen molar-refractivity contribution in [3.8, 4) is 11.1 Å². The normalized spacial score (nSPS) is 16.9. The Hall–Kier alpha value is -3.81. The lowest BCUT2D eigenvalue weighted by Crippen LogP contribution is -2.35. The van der Waals surface area contributed by atoms with E-state index in [1.165, 1.54) is 0 Å². The maximum Gasteiger partial charge on any atom is 0.260 e. The molecule has 0 atom stereocenters. The molecule has 228 valence electrons. The summed E-state index contributed by atoms with van der Waals surface area (Å²) in [6.45, 7) is 7.22. The van der Waals surface area contributed by atoms with E-state index in [9.17, 15) is 13.2 Å². The fourth-order valence-corrected chi connectivity index (χ4v) is 6.93. The summed E-state index contributed by atoms with van der Waals surface area (Å²) < 4.78 is 32.9. The van der Waals surface area contributed by atoms with Crippen molar-refractivity contribution >= 4 is 38.4 Å². The standard InChI is InChI=1S/C30H38N8O4S/c1-19-27(20(2)38(36-19)43(3,40)41)26-16-22-17-32-30(35-28(22)37(29(26)39)18-21-10-14-42-15-11-21)34-24-6-4-23(5-7-24)33-25-8-12-31-13-9-25/h4-7,16-17,21,25,31,33H,8-15,18H2,1-3H3,(H,32,34,35). The number of aryl methyl sites for hydroxylation is 1. The molecule has 3 N–H and O–H groups in total. The highest BCUT2D eigenvalue weighted by molar-refractivity contribution is 7.89. The summed E-state index contributed by atoms with van der Waals surface area (Å²) in [5.74, 6) is 0.633. The van der Waals surface area contributed by atoms with E-state index in [2.05, 4.69) is 26.0 Å². The summed E-state index contributed by atoms with van der Waals surface area (Å²) in [4.78, 5) is 23.5. The Labute approximate surface area is 250 Å². The highest BCUT2D eigenvalue weighted by Crippen LogP contribution is 2.29. The summed E-state index contributed by atoms with van der Waals surface area (Å²) in [7, 11) is -3.63. The van der Waals surface area contributed by atoms with Gasteiger partial charge >= 0.3 is 0 Å². The minimum Gasteiger partial charge on any atom is -0.382 e. The van der Waals surface area contributed by atoms with Crippen LogP contribution < -0.4 is 21.5 Å². The molecule has 2 saturated heterocycles. The summed E-state index contributed by atoms with van der Waals surface area (Å²) in [6, 6.07) is 10.3. The lowest BCUT2D eigenvalue weighted by molar-refractivity contribution is 0.0613. The number of ether oxygens (including phenoxy) is 1. The van der Waals surface area contributed by atoms with E-state index in [0.29, 0.717) is 65.3 Å². The molecule has 0 radical (unpaired) electrons. The second kappa shape index (κ2) is 12.1. The summed E-state index contributed by atoms with van der Waals surface area (Å²) in [5.41, 5.74) is 3.94. The first-order valence-electron chi connectivity index (χ1n) is 14.8. The van der Waals surface area contributed by atoms with Crippen molar-refractivity contribution in [3.63, 3.8) is 0 Å². The number of aromatic nitrogens is 5. The lowest BCUT2D eigenvalue weighted by Gasteiger charge is -2.24. The zero-order valence-corrected chi connectivity index (χ0v) is 25.6. The average Bonchev–Trinajstić information content (AvgIpc) is 3.30. The highest BCUT2D eigenvalue weighted by Gasteiger charge is 2.25. The van der Waals surface area contributed by atoms with Crippen LogP contribution in [0, 0.1) is 19.8 Å². The number of pyridine rings is 1. The molecule has 0 spiro atoms. The van der Waals surface area contributed by atoms with Crippen molar-refractivity contribution in [3.05, 3.63) is 58.3 Å². The number of anilines is 3. The molecular weight excluding hydrogens is 568 g/mol. The SMILES string of the molecule is Cc1nn(S(C)(=O)=O)c(C)c1-c1cc2cnc(Nc3ccc(NC4CCNCC4)cc3)nc2n(CC2CCOCC2)c1=O. The van der Waals surface area contributed by atoms with Gasteiger partial charge in [-0.3, -0.25) is 9.36 Å². The zero-order chi connectivity index (χ0) is 30.1. The van der Waals surface area contributed by atoms with Gasteiger partial charge in [0.2, 0.25) is 5.95 Å². The molecule has 3 aromatic heterocycles. The molecule has 4 aromatic rings. The highest BCUT2D eigenvalue weighted by atomic mass is 32.2. The van der Waals surface area contributed by atoms with Crippen LogP contribution in [-0.2, 0) is 21.3 Å². The van der Waals surface area contributed by atoms with E-state index in [4.69, 9.17) is 9.72 Å². The second-order valence-electron chi connectivity index (χ2n) is 11.5. The lowest BCUT2D eigenvalue weighted by atomic mass is 9.99. The van der Waals surface area contributed by atoms with Crippen LogP contribution in [0.5, 0.6) is 0 Å². The van der Waals surface area contributed by atoms with Gasteiger partial charge in [-0.2, -0.15) is 14.2 Å². The monoisotopic (exact) mass is 606 g/mol. The number of hydrogen-bond acceptors (Lipinski definition) is 10. The van der Waals surface area contributed by atoms with Crippen molar-refractivity contribution in [2.45, 2.75) is 52.1 Å². The fraction of sp³-hybridized carbons (Fsp3) is 0.467. The van der Waals surface area contributed by atoms with E-state index >= 15 is 0 Å². The van der Waals surface area contributed by atoms with Gasteiger partial charge in [0.05, 0.1) is 23.2 Å². The quantitative estimate of drug-likeness (QED) is 0.273. The fourth-order valence-electron chi connectivity index (χ4n) is 6.07. The van der Waals surface area contributed by atoms with Gasteiger partial charge in [-0.1, -0.05) is 0 Å². The Bertz CT molecular complexity index is 1790. The number of piperidine rings is 1. The predicted molar refractivity (Wildman–Crippen MR) is 168 cm³/mol. The largest absolute Gasteiger partial charge is 0.382 e. The van der Waals surface area contributed by atoms with Crippen LogP contribution in [-0.4, -0.2) is 70.7 Å². The summed E-state index contributed by atoms with van der Waals surface area (Å²) in [6.07, 6.45) is 6.68. The Morgan fingerprint density at radius 2 is 1.74 bits per heavy atom. The number of fused-ring (bicyclic) bond motifs is 1. The average molecular weight is 607 g/mol. The van der Waals surface area contributed by atoms with Crippen molar-refractivity contribution in [1.82, 2.24) is 29.0 Å². The minimum absolute atomic E-state index is 0.240. The molecule has 2 aliphatic heterocycles. The number of nitrogens with zero attached hydrogens (tertiary/aromatic N) is 5. The Kier molecular flexibility index (Phi) is 8.21. The zero-order valence-electron chi connectivity index (χ0n) is 24.8. The predicted octanol–water partition coefficient (Wildman–Crippen LogP) is 3.41. The van der Waals surface area contributed by atoms with Crippen LogP contribution in [0.4, 0.5) is 17.3 Å². The molecule has 0 saturated carbocycles. The van der Waals surface area contributed by atoms with Crippen LogP contribution in [0.15, 0.2) is 41.3 Å². The number of hydrogen-bond donors (Lipinski definition) is 3. The first kappa shape index (κ1) is 29.3. The Morgan fingerprint density at radius 3 is 2.42 bits per heavy atom. The van der Waals surface area contributed by atoms with Gasteiger partial charge in [0, 0.05) is 54.3 Å². The molecule has 0 amide bonds. The third kappa shape index (κ3) is 6.29. The van der Waals surface area contributed by atoms with Crippen LogP contribution in [0.3, 0.4) is 0 Å². The number of nitrogens with one attached hydrogen (secondary N) is 3. The van der Waals surface area contributed by atoms with Gasteiger partial charge < -0.3 is 20.7 Å². The van der Waals surface area contributed by atoms with Crippen LogP contribution in [0.25, 0.3) is 22.2 Å². The Balaban J connectivity index is 1.36. The topological polar surface area (TPSA) is 145 Å².